The normalized spacial score (nSPS) is 18.6. The number of likely N-dealkylation sites (tertiary alicyclic amines) is 1. The number of carboxylic acid groups (broad SMARTS) is 1. The molecule has 126 valence electrons. The Morgan fingerprint density at radius 1 is 1.26 bits per heavy atom. The van der Waals surface area contributed by atoms with Crippen molar-refractivity contribution in [2.24, 2.45) is 11.1 Å². The summed E-state index contributed by atoms with van der Waals surface area (Å²) in [6.45, 7) is 5.24. The Balaban J connectivity index is 2.14. The zero-order valence-electron chi connectivity index (χ0n) is 13.5. The van der Waals surface area contributed by atoms with Crippen LogP contribution in [0.4, 0.5) is 0 Å². The number of nitrogens with zero attached hydrogens (tertiary/aromatic N) is 1. The van der Waals surface area contributed by atoms with Crippen LogP contribution in [-0.4, -0.2) is 41.5 Å². The highest BCUT2D eigenvalue weighted by Crippen LogP contribution is 2.36. The summed E-state index contributed by atoms with van der Waals surface area (Å²) in [4.78, 5) is 25.5. The third-order valence-corrected chi connectivity index (χ3v) is 5.30. The quantitative estimate of drug-likeness (QED) is 0.818. The fourth-order valence-corrected chi connectivity index (χ4v) is 3.43. The maximum absolute atomic E-state index is 12.2. The minimum atomic E-state index is -0.808. The monoisotopic (exact) mass is 382 g/mol. The number of carbonyl (C=O) groups excluding carboxylic acids is 1. The van der Waals surface area contributed by atoms with Crippen LogP contribution in [0.2, 0.25) is 0 Å². The van der Waals surface area contributed by atoms with Gasteiger partial charge in [-0.1, -0.05) is 28.1 Å². The van der Waals surface area contributed by atoms with Crippen LogP contribution in [0, 0.1) is 5.41 Å². The SMILES string of the molecule is CC(C)(CN1CCC(C(N)=O)(c2ccc(Br)cc2)CC1)C(=O)O. The van der Waals surface area contributed by atoms with Crippen LogP contribution in [0.3, 0.4) is 0 Å². The topological polar surface area (TPSA) is 83.6 Å². The summed E-state index contributed by atoms with van der Waals surface area (Å²) < 4.78 is 0.960. The average Bonchev–Trinajstić information content (AvgIpc) is 2.48. The van der Waals surface area contributed by atoms with E-state index in [1.807, 2.05) is 24.3 Å². The Kier molecular flexibility index (Phi) is 5.16. The van der Waals surface area contributed by atoms with Crippen LogP contribution in [0.25, 0.3) is 0 Å². The second-order valence-corrected chi connectivity index (χ2v) is 7.83. The van der Waals surface area contributed by atoms with Crippen molar-refractivity contribution in [2.45, 2.75) is 32.1 Å². The van der Waals surface area contributed by atoms with Gasteiger partial charge in [0.25, 0.3) is 0 Å². The van der Waals surface area contributed by atoms with Gasteiger partial charge in [-0.05, 0) is 57.5 Å². The van der Waals surface area contributed by atoms with Crippen molar-refractivity contribution < 1.29 is 14.7 Å². The predicted molar refractivity (Wildman–Crippen MR) is 92.1 cm³/mol. The molecule has 1 aromatic carbocycles. The van der Waals surface area contributed by atoms with Gasteiger partial charge in [-0.2, -0.15) is 0 Å². The molecule has 6 heteroatoms. The van der Waals surface area contributed by atoms with Crippen molar-refractivity contribution in [1.29, 1.82) is 0 Å². The van der Waals surface area contributed by atoms with Gasteiger partial charge in [0.15, 0.2) is 0 Å². The van der Waals surface area contributed by atoms with Gasteiger partial charge in [-0.15, -0.1) is 0 Å². The Morgan fingerprint density at radius 3 is 2.22 bits per heavy atom. The standard InChI is InChI=1S/C17H23BrN2O3/c1-16(2,15(22)23)11-20-9-7-17(8-10-20,14(19)21)12-3-5-13(18)6-4-12/h3-6H,7-11H2,1-2H3,(H2,19,21)(H,22,23). The van der Waals surface area contributed by atoms with E-state index in [0.29, 0.717) is 32.5 Å². The van der Waals surface area contributed by atoms with Crippen LogP contribution in [0.1, 0.15) is 32.3 Å². The van der Waals surface area contributed by atoms with E-state index in [2.05, 4.69) is 20.8 Å². The molecular formula is C17H23BrN2O3. The van der Waals surface area contributed by atoms with Gasteiger partial charge in [-0.25, -0.2) is 0 Å². The lowest BCUT2D eigenvalue weighted by molar-refractivity contribution is -0.148. The minimum absolute atomic E-state index is 0.308. The molecule has 1 aromatic rings. The summed E-state index contributed by atoms with van der Waals surface area (Å²) in [6, 6.07) is 7.71. The first-order valence-corrected chi connectivity index (χ1v) is 8.48. The van der Waals surface area contributed by atoms with E-state index < -0.39 is 16.8 Å². The van der Waals surface area contributed by atoms with Crippen molar-refractivity contribution in [3.8, 4) is 0 Å². The number of hydrogen-bond donors (Lipinski definition) is 2. The predicted octanol–water partition coefficient (Wildman–Crippen LogP) is 2.38. The van der Waals surface area contributed by atoms with E-state index in [1.165, 1.54) is 0 Å². The molecule has 0 unspecified atom stereocenters. The Bertz CT molecular complexity index is 590. The first-order valence-electron chi connectivity index (χ1n) is 7.69. The number of halogens is 1. The third kappa shape index (κ3) is 3.75. The number of piperidine rings is 1. The number of carbonyl (C=O) groups is 2. The molecule has 0 aromatic heterocycles. The number of amides is 1. The van der Waals surface area contributed by atoms with Gasteiger partial charge in [0, 0.05) is 11.0 Å². The average molecular weight is 383 g/mol. The molecule has 3 N–H and O–H groups in total. The van der Waals surface area contributed by atoms with E-state index in [4.69, 9.17) is 5.73 Å². The molecule has 1 heterocycles. The van der Waals surface area contributed by atoms with Crippen molar-refractivity contribution >= 4 is 27.8 Å². The molecule has 5 nitrogen and oxygen atoms in total. The molecule has 0 aliphatic carbocycles. The second kappa shape index (κ2) is 6.61. The summed E-state index contributed by atoms with van der Waals surface area (Å²) in [5.41, 5.74) is 5.20. The van der Waals surface area contributed by atoms with Crippen molar-refractivity contribution in [2.75, 3.05) is 19.6 Å². The highest BCUT2D eigenvalue weighted by atomic mass is 79.9. The van der Waals surface area contributed by atoms with Gasteiger partial charge in [0.1, 0.15) is 0 Å². The van der Waals surface area contributed by atoms with Crippen molar-refractivity contribution in [1.82, 2.24) is 4.90 Å². The number of hydrogen-bond acceptors (Lipinski definition) is 3. The van der Waals surface area contributed by atoms with Crippen molar-refractivity contribution in [3.05, 3.63) is 34.3 Å². The van der Waals surface area contributed by atoms with Crippen LogP contribution in [0.15, 0.2) is 28.7 Å². The summed E-state index contributed by atoms with van der Waals surface area (Å²) in [5, 5.41) is 9.26. The first-order chi connectivity index (χ1) is 10.7. The zero-order valence-corrected chi connectivity index (χ0v) is 15.1. The third-order valence-electron chi connectivity index (χ3n) is 4.78. The molecule has 1 fully saturated rings. The molecule has 1 saturated heterocycles. The zero-order chi connectivity index (χ0) is 17.3. The first kappa shape index (κ1) is 17.9. The van der Waals surface area contributed by atoms with E-state index in [-0.39, 0.29) is 5.91 Å². The number of benzene rings is 1. The molecule has 1 aliphatic heterocycles. The molecule has 0 radical (unpaired) electrons. The Morgan fingerprint density at radius 2 is 1.78 bits per heavy atom. The molecule has 1 amide bonds. The van der Waals surface area contributed by atoms with Crippen LogP contribution < -0.4 is 5.73 Å². The Labute approximate surface area is 145 Å². The van der Waals surface area contributed by atoms with Gasteiger partial charge in [0.05, 0.1) is 10.8 Å². The van der Waals surface area contributed by atoms with E-state index in [9.17, 15) is 14.7 Å². The maximum Gasteiger partial charge on any atom is 0.310 e. The number of nitrogens with two attached hydrogens (primary N) is 1. The largest absolute Gasteiger partial charge is 0.481 e. The van der Waals surface area contributed by atoms with E-state index in [1.54, 1.807) is 13.8 Å². The summed E-state index contributed by atoms with van der Waals surface area (Å²) in [6.07, 6.45) is 1.22. The number of primary amides is 1. The number of carboxylic acids is 1. The molecule has 0 bridgehead atoms. The van der Waals surface area contributed by atoms with E-state index in [0.717, 1.165) is 10.0 Å². The smallest absolute Gasteiger partial charge is 0.310 e. The van der Waals surface area contributed by atoms with Gasteiger partial charge < -0.3 is 15.7 Å². The lowest BCUT2D eigenvalue weighted by atomic mass is 9.72. The second-order valence-electron chi connectivity index (χ2n) is 6.92. The molecule has 0 atom stereocenters. The molecule has 1 aliphatic rings. The molecule has 0 spiro atoms. The summed E-state index contributed by atoms with van der Waals surface area (Å²) >= 11 is 3.40. The molecular weight excluding hydrogens is 360 g/mol. The maximum atomic E-state index is 12.2. The molecule has 0 saturated carbocycles. The van der Waals surface area contributed by atoms with Gasteiger partial charge in [0.2, 0.25) is 5.91 Å². The Hall–Kier alpha value is -1.40. The number of rotatable bonds is 5. The summed E-state index contributed by atoms with van der Waals surface area (Å²) in [5.74, 6) is -1.12. The highest BCUT2D eigenvalue weighted by Gasteiger charge is 2.42. The van der Waals surface area contributed by atoms with Crippen molar-refractivity contribution in [3.63, 3.8) is 0 Å². The lowest BCUT2D eigenvalue weighted by Gasteiger charge is -2.41. The summed E-state index contributed by atoms with van der Waals surface area (Å²) in [7, 11) is 0. The fraction of sp³-hybridized carbons (Fsp3) is 0.529. The fourth-order valence-electron chi connectivity index (χ4n) is 3.17. The van der Waals surface area contributed by atoms with Gasteiger partial charge in [-0.3, -0.25) is 9.59 Å². The van der Waals surface area contributed by atoms with Crippen LogP contribution >= 0.6 is 15.9 Å². The lowest BCUT2D eigenvalue weighted by Crippen LogP contribution is -2.52. The van der Waals surface area contributed by atoms with E-state index >= 15 is 0 Å². The molecule has 2 rings (SSSR count). The van der Waals surface area contributed by atoms with Gasteiger partial charge >= 0.3 is 5.97 Å². The minimum Gasteiger partial charge on any atom is -0.481 e. The number of aliphatic carboxylic acids is 1. The van der Waals surface area contributed by atoms with Crippen LogP contribution in [0.5, 0.6) is 0 Å². The molecule has 23 heavy (non-hydrogen) atoms. The highest BCUT2D eigenvalue weighted by molar-refractivity contribution is 9.10. The van der Waals surface area contributed by atoms with Crippen LogP contribution in [-0.2, 0) is 15.0 Å².